The molecule has 0 aliphatic carbocycles. The summed E-state index contributed by atoms with van der Waals surface area (Å²) in [5, 5.41) is 0. The number of methoxy groups -OCH3 is 1. The van der Waals surface area contributed by atoms with Gasteiger partial charge in [-0.05, 0) is 18.2 Å². The Balaban J connectivity index is 3.04. The van der Waals surface area contributed by atoms with Crippen molar-refractivity contribution in [2.45, 2.75) is 6.23 Å². The Labute approximate surface area is 78.6 Å². The molecule has 4 heteroatoms. The number of halogens is 2. The van der Waals surface area contributed by atoms with Crippen LogP contribution in [0.3, 0.4) is 0 Å². The number of hydrogen-bond donors (Lipinski definition) is 1. The summed E-state index contributed by atoms with van der Waals surface area (Å²) in [4.78, 5) is 0. The van der Waals surface area contributed by atoms with E-state index >= 15 is 0 Å². The normalized spacial score (nSPS) is 13.0. The largest absolute Gasteiger partial charge is 0.362 e. The molecule has 2 nitrogen and oxygen atoms in total. The van der Waals surface area contributed by atoms with Crippen LogP contribution in [0, 0.1) is 5.82 Å². The Morgan fingerprint density at radius 3 is 2.83 bits per heavy atom. The quantitative estimate of drug-likeness (QED) is 0.796. The van der Waals surface area contributed by atoms with Gasteiger partial charge in [-0.2, -0.15) is 0 Å². The number of nitrogens with two attached hydrogens (primary N) is 1. The second-order valence-corrected chi connectivity index (χ2v) is 3.24. The van der Waals surface area contributed by atoms with E-state index in [1.165, 1.54) is 13.2 Å². The van der Waals surface area contributed by atoms with Crippen LogP contribution in [0.2, 0.25) is 0 Å². The van der Waals surface area contributed by atoms with E-state index in [1.807, 2.05) is 0 Å². The highest BCUT2D eigenvalue weighted by atomic mass is 79.9. The van der Waals surface area contributed by atoms with Gasteiger partial charge in [0.05, 0.1) is 0 Å². The first kappa shape index (κ1) is 9.64. The molecule has 1 unspecified atom stereocenters. The molecular formula is C8H9BrFNO. The van der Waals surface area contributed by atoms with E-state index in [0.717, 1.165) is 4.47 Å². The second kappa shape index (κ2) is 3.98. The van der Waals surface area contributed by atoms with Crippen LogP contribution in [0.1, 0.15) is 11.8 Å². The molecular weight excluding hydrogens is 225 g/mol. The molecule has 66 valence electrons. The minimum Gasteiger partial charge on any atom is -0.362 e. The lowest BCUT2D eigenvalue weighted by Crippen LogP contribution is -2.13. The summed E-state index contributed by atoms with van der Waals surface area (Å²) in [5.41, 5.74) is 5.83. The summed E-state index contributed by atoms with van der Waals surface area (Å²) >= 11 is 3.22. The minimum absolute atomic E-state index is 0.354. The number of rotatable bonds is 2. The fraction of sp³-hybridized carbons (Fsp3) is 0.250. The molecule has 2 N–H and O–H groups in total. The van der Waals surface area contributed by atoms with E-state index in [4.69, 9.17) is 10.5 Å². The lowest BCUT2D eigenvalue weighted by atomic mass is 10.2. The zero-order valence-electron chi connectivity index (χ0n) is 6.55. The molecule has 1 aromatic rings. The first-order valence-corrected chi connectivity index (χ1v) is 4.17. The molecule has 0 bridgehead atoms. The van der Waals surface area contributed by atoms with Crippen molar-refractivity contribution in [1.82, 2.24) is 0 Å². The van der Waals surface area contributed by atoms with Crippen LogP contribution >= 0.6 is 15.9 Å². The molecule has 0 aliphatic rings. The third kappa shape index (κ3) is 2.03. The van der Waals surface area contributed by atoms with Crippen molar-refractivity contribution in [3.8, 4) is 0 Å². The van der Waals surface area contributed by atoms with Crippen molar-refractivity contribution < 1.29 is 9.13 Å². The van der Waals surface area contributed by atoms with Gasteiger partial charge < -0.3 is 10.5 Å². The molecule has 0 aromatic heterocycles. The third-order valence-corrected chi connectivity index (χ3v) is 2.01. The molecule has 1 aromatic carbocycles. The van der Waals surface area contributed by atoms with Crippen molar-refractivity contribution >= 4 is 15.9 Å². The van der Waals surface area contributed by atoms with Gasteiger partial charge in [0.15, 0.2) is 0 Å². The maximum absolute atomic E-state index is 13.0. The molecule has 12 heavy (non-hydrogen) atoms. The maximum atomic E-state index is 13.0. The van der Waals surface area contributed by atoms with Gasteiger partial charge >= 0.3 is 0 Å². The molecule has 0 aliphatic heterocycles. The molecule has 0 saturated carbocycles. The SMILES string of the molecule is COC(N)c1cc(Br)ccc1F. The first-order chi connectivity index (χ1) is 5.65. The Bertz CT molecular complexity index is 280. The van der Waals surface area contributed by atoms with Crippen LogP contribution in [0.4, 0.5) is 4.39 Å². The highest BCUT2D eigenvalue weighted by Crippen LogP contribution is 2.20. The van der Waals surface area contributed by atoms with Gasteiger partial charge in [-0.3, -0.25) is 0 Å². The summed E-state index contributed by atoms with van der Waals surface area (Å²) in [6.07, 6.45) is -0.706. The predicted octanol–water partition coefficient (Wildman–Crippen LogP) is 2.19. The first-order valence-electron chi connectivity index (χ1n) is 3.38. The fourth-order valence-corrected chi connectivity index (χ4v) is 1.24. The molecule has 0 amide bonds. The molecule has 0 radical (unpaired) electrons. The van der Waals surface area contributed by atoms with E-state index in [2.05, 4.69) is 15.9 Å². The Kier molecular flexibility index (Phi) is 3.20. The summed E-state index contributed by atoms with van der Waals surface area (Å²) in [5.74, 6) is -0.354. The molecule has 0 saturated heterocycles. The Morgan fingerprint density at radius 2 is 2.25 bits per heavy atom. The van der Waals surface area contributed by atoms with Gasteiger partial charge in [0.1, 0.15) is 12.0 Å². The summed E-state index contributed by atoms with van der Waals surface area (Å²) < 4.78 is 18.6. The van der Waals surface area contributed by atoms with Crippen LogP contribution in [0.25, 0.3) is 0 Å². The molecule has 0 fully saturated rings. The average molecular weight is 234 g/mol. The van der Waals surface area contributed by atoms with Crippen molar-refractivity contribution in [1.29, 1.82) is 0 Å². The highest BCUT2D eigenvalue weighted by molar-refractivity contribution is 9.10. The third-order valence-electron chi connectivity index (χ3n) is 1.52. The zero-order valence-corrected chi connectivity index (χ0v) is 8.14. The maximum Gasteiger partial charge on any atom is 0.134 e. The fourth-order valence-electron chi connectivity index (χ4n) is 0.860. The highest BCUT2D eigenvalue weighted by Gasteiger charge is 2.09. The van der Waals surface area contributed by atoms with Gasteiger partial charge in [-0.1, -0.05) is 15.9 Å². The van der Waals surface area contributed by atoms with Gasteiger partial charge in [0.2, 0.25) is 0 Å². The zero-order chi connectivity index (χ0) is 9.14. The van der Waals surface area contributed by atoms with Crippen LogP contribution in [0.5, 0.6) is 0 Å². The van der Waals surface area contributed by atoms with E-state index < -0.39 is 6.23 Å². The number of hydrogen-bond acceptors (Lipinski definition) is 2. The lowest BCUT2D eigenvalue weighted by Gasteiger charge is -2.10. The molecule has 0 heterocycles. The molecule has 1 rings (SSSR count). The van der Waals surface area contributed by atoms with E-state index in [-0.39, 0.29) is 5.82 Å². The molecule has 1 atom stereocenters. The van der Waals surface area contributed by atoms with Gasteiger partial charge in [0, 0.05) is 17.1 Å². The van der Waals surface area contributed by atoms with E-state index in [0.29, 0.717) is 5.56 Å². The van der Waals surface area contributed by atoms with Crippen LogP contribution in [0.15, 0.2) is 22.7 Å². The van der Waals surface area contributed by atoms with Crippen LogP contribution in [-0.2, 0) is 4.74 Å². The lowest BCUT2D eigenvalue weighted by molar-refractivity contribution is 0.106. The average Bonchev–Trinajstić information content (AvgIpc) is 2.08. The summed E-state index contributed by atoms with van der Waals surface area (Å²) in [7, 11) is 1.44. The van der Waals surface area contributed by atoms with Crippen LogP contribution < -0.4 is 5.73 Å². The standard InChI is InChI=1S/C8H9BrFNO/c1-12-8(11)6-4-5(9)2-3-7(6)10/h2-4,8H,11H2,1H3. The summed E-state index contributed by atoms with van der Waals surface area (Å²) in [6.45, 7) is 0. The van der Waals surface area contributed by atoms with Crippen LogP contribution in [-0.4, -0.2) is 7.11 Å². The smallest absolute Gasteiger partial charge is 0.134 e. The molecule has 0 spiro atoms. The Morgan fingerprint density at radius 1 is 1.58 bits per heavy atom. The monoisotopic (exact) mass is 233 g/mol. The number of ether oxygens (including phenoxy) is 1. The van der Waals surface area contributed by atoms with Crippen molar-refractivity contribution in [2.24, 2.45) is 5.73 Å². The van der Waals surface area contributed by atoms with Crippen molar-refractivity contribution in [3.05, 3.63) is 34.1 Å². The minimum atomic E-state index is -0.706. The number of benzene rings is 1. The van der Waals surface area contributed by atoms with E-state index in [9.17, 15) is 4.39 Å². The van der Waals surface area contributed by atoms with Crippen molar-refractivity contribution in [3.63, 3.8) is 0 Å². The van der Waals surface area contributed by atoms with Gasteiger partial charge in [-0.15, -0.1) is 0 Å². The summed E-state index contributed by atoms with van der Waals surface area (Å²) in [6, 6.07) is 4.56. The Hall–Kier alpha value is -0.450. The second-order valence-electron chi connectivity index (χ2n) is 2.32. The van der Waals surface area contributed by atoms with Crippen molar-refractivity contribution in [2.75, 3.05) is 7.11 Å². The van der Waals surface area contributed by atoms with E-state index in [1.54, 1.807) is 12.1 Å². The topological polar surface area (TPSA) is 35.2 Å². The van der Waals surface area contributed by atoms with Gasteiger partial charge in [0.25, 0.3) is 0 Å². The van der Waals surface area contributed by atoms with Gasteiger partial charge in [-0.25, -0.2) is 4.39 Å². The predicted molar refractivity (Wildman–Crippen MR) is 48.0 cm³/mol.